The van der Waals surface area contributed by atoms with Gasteiger partial charge in [-0.25, -0.2) is 0 Å². The summed E-state index contributed by atoms with van der Waals surface area (Å²) in [4.78, 5) is 23.5. The van der Waals surface area contributed by atoms with Crippen molar-refractivity contribution in [3.8, 4) is 0 Å². The molecule has 8 heteroatoms. The van der Waals surface area contributed by atoms with E-state index in [1.807, 2.05) is 20.8 Å². The molecule has 0 aromatic heterocycles. The number of aliphatic hydroxyl groups is 1. The van der Waals surface area contributed by atoms with E-state index in [0.29, 0.717) is 0 Å². The average molecular weight is 430 g/mol. The van der Waals surface area contributed by atoms with Crippen molar-refractivity contribution in [3.05, 3.63) is 23.8 Å². The molecule has 4 N–H and O–H groups in total. The highest BCUT2D eigenvalue weighted by atomic mass is 32.2. The molecular formula is C21H35NO6S. The fraction of sp³-hybridized carbons (Fsp3) is 0.714. The van der Waals surface area contributed by atoms with E-state index in [4.69, 9.17) is 20.3 Å². The number of carbonyl (C=O) groups excluding carboxylic acids is 1. The van der Waals surface area contributed by atoms with Crippen molar-refractivity contribution in [1.29, 1.82) is 0 Å². The highest BCUT2D eigenvalue weighted by Crippen LogP contribution is 2.30. The molecule has 1 aliphatic rings. The molecular weight excluding hydrogens is 394 g/mol. The minimum Gasteiger partial charge on any atom is -0.480 e. The summed E-state index contributed by atoms with van der Waals surface area (Å²) in [6.45, 7) is 7.47. The van der Waals surface area contributed by atoms with Gasteiger partial charge in [-0.1, -0.05) is 25.2 Å². The number of carbonyl (C=O) groups is 2. The van der Waals surface area contributed by atoms with Gasteiger partial charge in [-0.05, 0) is 45.1 Å². The van der Waals surface area contributed by atoms with Crippen LogP contribution in [0.3, 0.4) is 0 Å². The molecule has 0 aromatic carbocycles. The van der Waals surface area contributed by atoms with Crippen LogP contribution < -0.4 is 5.73 Å². The standard InChI is InChI=1S/C21H35NO6S/c1-13-7-6-8-14(2)17(27-5)9-10-21(4,26)18(11-19(23)28-15(13)3)29-12-16(22)20(24)25/h8-10,13,15-18,26H,6-7,11-12,22H2,1-5H3,(H,24,25)/b10-9+,14-8+/t13-,15+,16-,17+,18+,21+/m0/s1. The van der Waals surface area contributed by atoms with E-state index >= 15 is 0 Å². The van der Waals surface area contributed by atoms with Crippen molar-refractivity contribution < 1.29 is 29.3 Å². The van der Waals surface area contributed by atoms with E-state index in [-0.39, 0.29) is 30.3 Å². The van der Waals surface area contributed by atoms with Gasteiger partial charge in [0, 0.05) is 18.1 Å². The lowest BCUT2D eigenvalue weighted by Crippen LogP contribution is -2.40. The first-order valence-corrected chi connectivity index (χ1v) is 10.9. The molecule has 0 saturated heterocycles. The zero-order chi connectivity index (χ0) is 22.2. The average Bonchev–Trinajstić information content (AvgIpc) is 2.63. The van der Waals surface area contributed by atoms with Crippen molar-refractivity contribution in [3.63, 3.8) is 0 Å². The van der Waals surface area contributed by atoms with Crippen molar-refractivity contribution in [2.45, 2.75) is 76.1 Å². The third kappa shape index (κ3) is 8.50. The molecule has 6 atom stereocenters. The van der Waals surface area contributed by atoms with Gasteiger partial charge in [0.15, 0.2) is 0 Å². The molecule has 0 aliphatic carbocycles. The Morgan fingerprint density at radius 2 is 2.14 bits per heavy atom. The zero-order valence-corrected chi connectivity index (χ0v) is 18.8. The fourth-order valence-electron chi connectivity index (χ4n) is 2.98. The number of ether oxygens (including phenoxy) is 2. The first kappa shape index (κ1) is 25.7. The Hall–Kier alpha value is -1.35. The Morgan fingerprint density at radius 1 is 1.48 bits per heavy atom. The summed E-state index contributed by atoms with van der Waals surface area (Å²) >= 11 is 1.15. The minimum absolute atomic E-state index is 0.0577. The normalized spacial score (nSPS) is 36.2. The second-order valence-corrected chi connectivity index (χ2v) is 9.15. The number of allylic oxidation sites excluding steroid dienone is 1. The van der Waals surface area contributed by atoms with Gasteiger partial charge in [-0.2, -0.15) is 11.8 Å². The summed E-state index contributed by atoms with van der Waals surface area (Å²) < 4.78 is 11.1. The van der Waals surface area contributed by atoms with Gasteiger partial charge in [0.25, 0.3) is 0 Å². The topological polar surface area (TPSA) is 119 Å². The summed E-state index contributed by atoms with van der Waals surface area (Å²) in [5.74, 6) is -1.31. The Balaban J connectivity index is 3.17. The predicted octanol–water partition coefficient (Wildman–Crippen LogP) is 2.52. The molecule has 0 saturated carbocycles. The largest absolute Gasteiger partial charge is 0.480 e. The smallest absolute Gasteiger partial charge is 0.321 e. The summed E-state index contributed by atoms with van der Waals surface area (Å²) in [7, 11) is 1.60. The Labute approximate surface area is 177 Å². The molecule has 166 valence electrons. The summed E-state index contributed by atoms with van der Waals surface area (Å²) in [6.07, 6.45) is 6.56. The lowest BCUT2D eigenvalue weighted by atomic mass is 9.95. The molecule has 29 heavy (non-hydrogen) atoms. The monoisotopic (exact) mass is 429 g/mol. The van der Waals surface area contributed by atoms with Crippen molar-refractivity contribution in [1.82, 2.24) is 0 Å². The van der Waals surface area contributed by atoms with Gasteiger partial charge >= 0.3 is 11.9 Å². The first-order valence-electron chi connectivity index (χ1n) is 9.88. The van der Waals surface area contributed by atoms with Gasteiger partial charge in [0.05, 0.1) is 18.1 Å². The number of hydrogen-bond donors (Lipinski definition) is 3. The molecule has 0 spiro atoms. The Morgan fingerprint density at radius 3 is 2.72 bits per heavy atom. The maximum Gasteiger partial charge on any atom is 0.321 e. The SMILES string of the molecule is CO[C@@H]1/C=C/[C@@](C)(O)[C@H](SC[C@H](N)C(=O)O)CC(=O)O[C@H](C)[C@@H](C)CC/C=C/1C. The van der Waals surface area contributed by atoms with Crippen molar-refractivity contribution in [2.24, 2.45) is 11.7 Å². The fourth-order valence-corrected chi connectivity index (χ4v) is 4.23. The van der Waals surface area contributed by atoms with E-state index < -0.39 is 28.8 Å². The predicted molar refractivity (Wildman–Crippen MR) is 115 cm³/mol. The van der Waals surface area contributed by atoms with Crippen LogP contribution in [0.5, 0.6) is 0 Å². The number of hydrogen-bond acceptors (Lipinski definition) is 7. The van der Waals surface area contributed by atoms with E-state index in [9.17, 15) is 14.7 Å². The van der Waals surface area contributed by atoms with Gasteiger partial charge in [-0.3, -0.25) is 9.59 Å². The number of rotatable bonds is 5. The molecule has 0 amide bonds. The molecule has 7 nitrogen and oxygen atoms in total. The summed E-state index contributed by atoms with van der Waals surface area (Å²) in [5, 5.41) is 19.5. The van der Waals surface area contributed by atoms with Crippen molar-refractivity contribution in [2.75, 3.05) is 12.9 Å². The van der Waals surface area contributed by atoms with Gasteiger partial charge in [-0.15, -0.1) is 0 Å². The first-order chi connectivity index (χ1) is 13.5. The lowest BCUT2D eigenvalue weighted by molar-refractivity contribution is -0.151. The molecule has 0 unspecified atom stereocenters. The molecule has 0 fully saturated rings. The second kappa shape index (κ2) is 11.7. The Bertz CT molecular complexity index is 618. The minimum atomic E-state index is -1.39. The number of cyclic esters (lactones) is 1. The molecule has 0 radical (unpaired) electrons. The van der Waals surface area contributed by atoms with E-state index in [2.05, 4.69) is 6.08 Å². The van der Waals surface area contributed by atoms with Crippen LogP contribution in [0, 0.1) is 5.92 Å². The molecule has 1 aliphatic heterocycles. The number of carboxylic acids is 1. The number of thioether (sulfide) groups is 1. The van der Waals surface area contributed by atoms with E-state index in [0.717, 1.165) is 30.2 Å². The summed E-state index contributed by atoms with van der Waals surface area (Å²) in [6, 6.07) is -1.08. The quantitative estimate of drug-likeness (QED) is 0.451. The van der Waals surface area contributed by atoms with Crippen LogP contribution in [0.1, 0.15) is 47.0 Å². The lowest BCUT2D eigenvalue weighted by Gasteiger charge is -2.31. The van der Waals surface area contributed by atoms with Crippen molar-refractivity contribution >= 4 is 23.7 Å². The highest BCUT2D eigenvalue weighted by molar-refractivity contribution is 8.00. The van der Waals surface area contributed by atoms with E-state index in [1.165, 1.54) is 0 Å². The maximum atomic E-state index is 12.5. The van der Waals surface area contributed by atoms with E-state index in [1.54, 1.807) is 26.2 Å². The van der Waals surface area contributed by atoms with Crippen LogP contribution in [-0.2, 0) is 19.1 Å². The number of carboxylic acid groups (broad SMARTS) is 1. The third-order valence-corrected chi connectivity index (χ3v) is 6.91. The molecule has 0 bridgehead atoms. The number of nitrogens with two attached hydrogens (primary N) is 1. The van der Waals surface area contributed by atoms with Crippen LogP contribution in [0.4, 0.5) is 0 Å². The second-order valence-electron chi connectivity index (χ2n) is 7.91. The number of methoxy groups -OCH3 is 1. The maximum absolute atomic E-state index is 12.5. The van der Waals surface area contributed by atoms with Gasteiger partial charge in [0.1, 0.15) is 12.1 Å². The van der Waals surface area contributed by atoms with Crippen LogP contribution in [0.2, 0.25) is 0 Å². The number of aliphatic carboxylic acids is 1. The van der Waals surface area contributed by atoms with Crippen LogP contribution in [0.25, 0.3) is 0 Å². The van der Waals surface area contributed by atoms with Crippen LogP contribution >= 0.6 is 11.8 Å². The molecule has 1 heterocycles. The van der Waals surface area contributed by atoms with Gasteiger partial charge in [0.2, 0.25) is 0 Å². The van der Waals surface area contributed by atoms with Crippen LogP contribution in [0.15, 0.2) is 23.8 Å². The zero-order valence-electron chi connectivity index (χ0n) is 18.0. The third-order valence-electron chi connectivity index (χ3n) is 5.32. The summed E-state index contributed by atoms with van der Waals surface area (Å²) in [5.41, 5.74) is 5.25. The van der Waals surface area contributed by atoms with Crippen LogP contribution in [-0.4, -0.2) is 64.1 Å². The molecule has 0 aromatic rings. The number of esters is 1. The highest BCUT2D eigenvalue weighted by Gasteiger charge is 2.34. The Kier molecular flexibility index (Phi) is 10.4. The van der Waals surface area contributed by atoms with Gasteiger partial charge < -0.3 is 25.4 Å². The molecule has 1 rings (SSSR count).